The molecule has 7 heteroatoms. The number of benzene rings is 2. The number of piperazine rings is 1. The molecule has 2 amide bonds. The topological polar surface area (TPSA) is 87.9 Å². The molecule has 1 aliphatic rings. The minimum absolute atomic E-state index is 0.224. The van der Waals surface area contributed by atoms with Crippen molar-refractivity contribution < 1.29 is 14.3 Å². The first-order valence-electron chi connectivity index (χ1n) is 9.86. The lowest BCUT2D eigenvalue weighted by Gasteiger charge is -2.35. The van der Waals surface area contributed by atoms with Crippen molar-refractivity contribution in [1.82, 2.24) is 4.90 Å². The van der Waals surface area contributed by atoms with Gasteiger partial charge in [0.05, 0.1) is 0 Å². The number of carbonyl (C=O) groups excluding carboxylic acids is 2. The molecule has 29 heavy (non-hydrogen) atoms. The number of nitrogens with one attached hydrogen (secondary N) is 1. The molecule has 7 nitrogen and oxygen atoms in total. The second-order valence-electron chi connectivity index (χ2n) is 7.16. The van der Waals surface area contributed by atoms with Gasteiger partial charge in [-0.25, -0.2) is 0 Å². The third-order valence-electron chi connectivity index (χ3n) is 5.12. The van der Waals surface area contributed by atoms with Crippen LogP contribution in [0.15, 0.2) is 42.5 Å². The summed E-state index contributed by atoms with van der Waals surface area (Å²) in [5, 5.41) is 2.95. The summed E-state index contributed by atoms with van der Waals surface area (Å²) >= 11 is 0. The number of aryl methyl sites for hydroxylation is 1. The van der Waals surface area contributed by atoms with Crippen LogP contribution < -0.4 is 20.7 Å². The SMILES string of the molecule is CCN1CCN(c2ccc(NC(=O)c3cccc(OCC(N)=O)c3)c(C)c2)CC1. The molecular weight excluding hydrogens is 368 g/mol. The highest BCUT2D eigenvalue weighted by Gasteiger charge is 2.17. The number of nitrogens with two attached hydrogens (primary N) is 1. The van der Waals surface area contributed by atoms with E-state index < -0.39 is 5.91 Å². The number of amides is 2. The fourth-order valence-corrected chi connectivity index (χ4v) is 3.38. The molecule has 154 valence electrons. The quantitative estimate of drug-likeness (QED) is 0.750. The van der Waals surface area contributed by atoms with E-state index >= 15 is 0 Å². The third kappa shape index (κ3) is 5.48. The number of hydrogen-bond donors (Lipinski definition) is 2. The summed E-state index contributed by atoms with van der Waals surface area (Å²) in [6.45, 7) is 9.22. The van der Waals surface area contributed by atoms with Gasteiger partial charge in [0.2, 0.25) is 0 Å². The number of nitrogens with zero attached hydrogens (tertiary/aromatic N) is 2. The molecule has 0 saturated carbocycles. The molecule has 0 atom stereocenters. The molecule has 1 fully saturated rings. The van der Waals surface area contributed by atoms with Crippen LogP contribution in [0.3, 0.4) is 0 Å². The minimum atomic E-state index is -0.563. The van der Waals surface area contributed by atoms with Gasteiger partial charge in [-0.15, -0.1) is 0 Å². The monoisotopic (exact) mass is 396 g/mol. The van der Waals surface area contributed by atoms with E-state index in [0.717, 1.165) is 44.0 Å². The van der Waals surface area contributed by atoms with Crippen LogP contribution in [0.25, 0.3) is 0 Å². The van der Waals surface area contributed by atoms with Crippen LogP contribution in [0.1, 0.15) is 22.8 Å². The lowest BCUT2D eigenvalue weighted by Crippen LogP contribution is -2.46. The lowest BCUT2D eigenvalue weighted by atomic mass is 10.1. The number of anilines is 2. The summed E-state index contributed by atoms with van der Waals surface area (Å²) < 4.78 is 5.27. The van der Waals surface area contributed by atoms with E-state index in [-0.39, 0.29) is 12.5 Å². The summed E-state index contributed by atoms with van der Waals surface area (Å²) in [7, 11) is 0. The van der Waals surface area contributed by atoms with Crippen molar-refractivity contribution in [3.8, 4) is 5.75 Å². The highest BCUT2D eigenvalue weighted by Crippen LogP contribution is 2.24. The van der Waals surface area contributed by atoms with Crippen molar-refractivity contribution in [1.29, 1.82) is 0 Å². The Balaban J connectivity index is 1.65. The summed E-state index contributed by atoms with van der Waals surface area (Å²) in [5.41, 5.74) is 8.50. The first kappa shape index (κ1) is 20.7. The minimum Gasteiger partial charge on any atom is -0.484 e. The Bertz CT molecular complexity index is 876. The molecule has 0 radical (unpaired) electrons. The van der Waals surface area contributed by atoms with Crippen molar-refractivity contribution in [2.45, 2.75) is 13.8 Å². The predicted molar refractivity (Wildman–Crippen MR) is 115 cm³/mol. The Morgan fingerprint density at radius 1 is 1.10 bits per heavy atom. The second kappa shape index (κ2) is 9.43. The van der Waals surface area contributed by atoms with Gasteiger partial charge in [-0.3, -0.25) is 9.59 Å². The maximum Gasteiger partial charge on any atom is 0.255 e. The van der Waals surface area contributed by atoms with Crippen LogP contribution in [0, 0.1) is 6.92 Å². The van der Waals surface area contributed by atoms with Crippen LogP contribution in [-0.4, -0.2) is 56.0 Å². The zero-order chi connectivity index (χ0) is 20.8. The van der Waals surface area contributed by atoms with Gasteiger partial charge >= 0.3 is 0 Å². The summed E-state index contributed by atoms with van der Waals surface area (Å²) in [6, 6.07) is 12.8. The number of primary amides is 1. The number of carbonyl (C=O) groups is 2. The number of ether oxygens (including phenoxy) is 1. The highest BCUT2D eigenvalue weighted by atomic mass is 16.5. The Labute approximate surface area is 171 Å². The molecule has 3 rings (SSSR count). The fraction of sp³-hybridized carbons (Fsp3) is 0.364. The molecule has 0 spiro atoms. The smallest absolute Gasteiger partial charge is 0.255 e. The van der Waals surface area contributed by atoms with E-state index in [1.807, 2.05) is 13.0 Å². The highest BCUT2D eigenvalue weighted by molar-refractivity contribution is 6.05. The normalized spacial score (nSPS) is 14.5. The first-order valence-corrected chi connectivity index (χ1v) is 9.86. The van der Waals surface area contributed by atoms with Gasteiger partial charge in [0, 0.05) is 43.1 Å². The van der Waals surface area contributed by atoms with Gasteiger partial charge in [-0.2, -0.15) is 0 Å². The van der Waals surface area contributed by atoms with Crippen LogP contribution in [0.5, 0.6) is 5.75 Å². The second-order valence-corrected chi connectivity index (χ2v) is 7.16. The van der Waals surface area contributed by atoms with E-state index in [4.69, 9.17) is 10.5 Å². The third-order valence-corrected chi connectivity index (χ3v) is 5.12. The largest absolute Gasteiger partial charge is 0.484 e. The Kier molecular flexibility index (Phi) is 6.72. The van der Waals surface area contributed by atoms with Crippen LogP contribution >= 0.6 is 0 Å². The molecule has 0 aliphatic carbocycles. The van der Waals surface area contributed by atoms with Crippen molar-refractivity contribution in [2.24, 2.45) is 5.73 Å². The van der Waals surface area contributed by atoms with Gasteiger partial charge < -0.3 is 25.6 Å². The Hall–Kier alpha value is -3.06. The average molecular weight is 396 g/mol. The molecule has 0 aromatic heterocycles. The van der Waals surface area contributed by atoms with Gasteiger partial charge in [0.25, 0.3) is 11.8 Å². The molecule has 2 aromatic rings. The number of hydrogen-bond acceptors (Lipinski definition) is 5. The van der Waals surface area contributed by atoms with E-state index in [1.165, 1.54) is 5.69 Å². The fourth-order valence-electron chi connectivity index (χ4n) is 3.38. The average Bonchev–Trinajstić information content (AvgIpc) is 2.74. The molecule has 1 saturated heterocycles. The zero-order valence-electron chi connectivity index (χ0n) is 17.0. The van der Waals surface area contributed by atoms with Crippen LogP contribution in [-0.2, 0) is 4.79 Å². The maximum atomic E-state index is 12.6. The molecule has 0 unspecified atom stereocenters. The number of rotatable bonds is 7. The van der Waals surface area contributed by atoms with Gasteiger partial charge in [0.1, 0.15) is 5.75 Å². The van der Waals surface area contributed by atoms with E-state index in [1.54, 1.807) is 24.3 Å². The van der Waals surface area contributed by atoms with Crippen molar-refractivity contribution >= 4 is 23.2 Å². The summed E-state index contributed by atoms with van der Waals surface area (Å²) in [4.78, 5) is 28.3. The number of likely N-dealkylation sites (N-methyl/N-ethyl adjacent to an activating group) is 1. The van der Waals surface area contributed by atoms with Crippen molar-refractivity contribution in [3.63, 3.8) is 0 Å². The van der Waals surface area contributed by atoms with Gasteiger partial charge in [0.15, 0.2) is 6.61 Å². The Morgan fingerprint density at radius 2 is 1.86 bits per heavy atom. The van der Waals surface area contributed by atoms with Crippen molar-refractivity contribution in [3.05, 3.63) is 53.6 Å². The first-order chi connectivity index (χ1) is 14.0. The summed E-state index contributed by atoms with van der Waals surface area (Å²) in [5.74, 6) is -0.372. The zero-order valence-corrected chi connectivity index (χ0v) is 17.0. The van der Waals surface area contributed by atoms with Crippen LogP contribution in [0.2, 0.25) is 0 Å². The van der Waals surface area contributed by atoms with E-state index in [0.29, 0.717) is 11.3 Å². The molecule has 3 N–H and O–H groups in total. The van der Waals surface area contributed by atoms with Gasteiger partial charge in [-0.1, -0.05) is 13.0 Å². The van der Waals surface area contributed by atoms with E-state index in [9.17, 15) is 9.59 Å². The lowest BCUT2D eigenvalue weighted by molar-refractivity contribution is -0.119. The predicted octanol–water partition coefficient (Wildman–Crippen LogP) is 2.25. The summed E-state index contributed by atoms with van der Waals surface area (Å²) in [6.07, 6.45) is 0. The Morgan fingerprint density at radius 3 is 2.52 bits per heavy atom. The van der Waals surface area contributed by atoms with Gasteiger partial charge in [-0.05, 0) is 55.4 Å². The molecule has 0 bridgehead atoms. The van der Waals surface area contributed by atoms with Crippen molar-refractivity contribution in [2.75, 3.05) is 49.5 Å². The molecule has 2 aromatic carbocycles. The van der Waals surface area contributed by atoms with Crippen LogP contribution in [0.4, 0.5) is 11.4 Å². The molecule has 1 aliphatic heterocycles. The molecular formula is C22H28N4O3. The standard InChI is InChI=1S/C22H28N4O3/c1-3-25-9-11-26(12-10-25)18-7-8-20(16(2)13-18)24-22(28)17-5-4-6-19(14-17)29-15-21(23)27/h4-8,13-14H,3,9-12,15H2,1-2H3,(H2,23,27)(H,24,28). The maximum absolute atomic E-state index is 12.6. The van der Waals surface area contributed by atoms with E-state index in [2.05, 4.69) is 34.2 Å². The molecule has 1 heterocycles.